The number of carbonyl (C=O) groups is 1. The highest BCUT2D eigenvalue weighted by Gasteiger charge is 2.41. The van der Waals surface area contributed by atoms with Crippen LogP contribution in [0, 0.1) is 5.92 Å². The van der Waals surface area contributed by atoms with Crippen LogP contribution in [0.5, 0.6) is 0 Å². The molecule has 0 radical (unpaired) electrons. The van der Waals surface area contributed by atoms with E-state index in [1.165, 1.54) is 6.20 Å². The molecule has 2 unspecified atom stereocenters. The number of nitrogens with zero attached hydrogens (tertiary/aromatic N) is 1. The van der Waals surface area contributed by atoms with Gasteiger partial charge in [0.1, 0.15) is 12.3 Å². The Morgan fingerprint density at radius 3 is 2.90 bits per heavy atom. The van der Waals surface area contributed by atoms with Crippen LogP contribution in [-0.4, -0.2) is 27.7 Å². The molecule has 0 bridgehead atoms. The summed E-state index contributed by atoms with van der Waals surface area (Å²) in [6.45, 7) is 6.04. The van der Waals surface area contributed by atoms with Gasteiger partial charge in [0.15, 0.2) is 0 Å². The number of aliphatic hydroxyl groups excluding tert-OH is 1. The van der Waals surface area contributed by atoms with Crippen LogP contribution in [0.25, 0.3) is 0 Å². The number of nitrogens with one attached hydrogen (secondary N) is 1. The van der Waals surface area contributed by atoms with Crippen molar-refractivity contribution in [3.8, 4) is 0 Å². The molecule has 6 heteroatoms. The van der Waals surface area contributed by atoms with Crippen LogP contribution < -0.4 is 11.1 Å². The van der Waals surface area contributed by atoms with Gasteiger partial charge in [0, 0.05) is 11.9 Å². The van der Waals surface area contributed by atoms with Crippen LogP contribution in [0.15, 0.2) is 18.3 Å². The Morgan fingerprint density at radius 2 is 2.35 bits per heavy atom. The van der Waals surface area contributed by atoms with Crippen molar-refractivity contribution in [2.75, 3.05) is 5.32 Å². The van der Waals surface area contributed by atoms with Crippen molar-refractivity contribution in [3.05, 3.63) is 24.0 Å². The zero-order valence-electron chi connectivity index (χ0n) is 12.0. The summed E-state index contributed by atoms with van der Waals surface area (Å²) in [7, 11) is 0. The highest BCUT2D eigenvalue weighted by atomic mass is 16.5. The summed E-state index contributed by atoms with van der Waals surface area (Å²) in [6.07, 6.45) is 0.562. The second-order valence-corrected chi connectivity index (χ2v) is 5.75. The normalized spacial score (nSPS) is 26.2. The fraction of sp³-hybridized carbons (Fsp3) is 0.571. The number of hydrogen-bond donors (Lipinski definition) is 3. The first-order chi connectivity index (χ1) is 9.29. The molecule has 20 heavy (non-hydrogen) atoms. The van der Waals surface area contributed by atoms with E-state index in [9.17, 15) is 9.90 Å². The predicted molar refractivity (Wildman–Crippen MR) is 74.7 cm³/mol. The number of rotatable bonds is 3. The Bertz CT molecular complexity index is 502. The second kappa shape index (κ2) is 5.47. The molecular formula is C14H21N3O3. The molecule has 2 heterocycles. The van der Waals surface area contributed by atoms with E-state index < -0.39 is 12.3 Å². The predicted octanol–water partition coefficient (Wildman–Crippen LogP) is 1.17. The van der Waals surface area contributed by atoms with E-state index in [-0.39, 0.29) is 11.5 Å². The van der Waals surface area contributed by atoms with Gasteiger partial charge in [0.2, 0.25) is 0 Å². The van der Waals surface area contributed by atoms with Gasteiger partial charge in [-0.1, -0.05) is 6.92 Å². The molecule has 1 aromatic rings. The maximum atomic E-state index is 12.2. The Kier molecular flexibility index (Phi) is 4.08. The molecule has 3 atom stereocenters. The molecule has 2 rings (SSSR count). The number of pyridine rings is 1. The van der Waals surface area contributed by atoms with Gasteiger partial charge in [0.05, 0.1) is 11.3 Å². The molecular weight excluding hydrogens is 258 g/mol. The SMILES string of the molecule is C[C@@H]1CC(C(=O)Nc2ccnc(C(N)O)c2)OC1(C)C. The van der Waals surface area contributed by atoms with E-state index in [0.29, 0.717) is 23.7 Å². The van der Waals surface area contributed by atoms with E-state index in [1.807, 2.05) is 13.8 Å². The van der Waals surface area contributed by atoms with Crippen LogP contribution in [0.3, 0.4) is 0 Å². The number of aromatic nitrogens is 1. The molecule has 0 saturated carbocycles. The standard InChI is InChI=1S/C14H21N3O3/c1-8-6-11(20-14(8,2)3)13(19)17-9-4-5-16-10(7-9)12(15)18/h4-5,7-8,11-12,18H,6,15H2,1-3H3,(H,16,17,19)/t8-,11?,12?/m1/s1. The smallest absolute Gasteiger partial charge is 0.253 e. The lowest BCUT2D eigenvalue weighted by atomic mass is 9.92. The van der Waals surface area contributed by atoms with Crippen molar-refractivity contribution in [1.82, 2.24) is 4.98 Å². The molecule has 0 aliphatic carbocycles. The maximum absolute atomic E-state index is 12.2. The summed E-state index contributed by atoms with van der Waals surface area (Å²) in [5.74, 6) is 0.128. The first kappa shape index (κ1) is 14.9. The lowest BCUT2D eigenvalue weighted by molar-refractivity contribution is -0.130. The van der Waals surface area contributed by atoms with Crippen LogP contribution in [0.4, 0.5) is 5.69 Å². The zero-order valence-corrected chi connectivity index (χ0v) is 12.0. The van der Waals surface area contributed by atoms with Gasteiger partial charge < -0.3 is 20.9 Å². The Morgan fingerprint density at radius 1 is 1.65 bits per heavy atom. The lowest BCUT2D eigenvalue weighted by Crippen LogP contribution is -2.31. The minimum absolute atomic E-state index is 0.189. The Hall–Kier alpha value is -1.50. The van der Waals surface area contributed by atoms with Gasteiger partial charge in [-0.05, 0) is 38.3 Å². The van der Waals surface area contributed by atoms with Crippen LogP contribution in [0.2, 0.25) is 0 Å². The number of hydrogen-bond acceptors (Lipinski definition) is 5. The molecule has 1 saturated heterocycles. The van der Waals surface area contributed by atoms with E-state index in [2.05, 4.69) is 17.2 Å². The van der Waals surface area contributed by atoms with Gasteiger partial charge in [-0.3, -0.25) is 9.78 Å². The van der Waals surface area contributed by atoms with Crippen LogP contribution in [-0.2, 0) is 9.53 Å². The largest absolute Gasteiger partial charge is 0.373 e. The van der Waals surface area contributed by atoms with Crippen molar-refractivity contribution >= 4 is 11.6 Å². The summed E-state index contributed by atoms with van der Waals surface area (Å²) in [5, 5.41) is 12.0. The average Bonchev–Trinajstić information content (AvgIpc) is 2.64. The highest BCUT2D eigenvalue weighted by Crippen LogP contribution is 2.35. The maximum Gasteiger partial charge on any atom is 0.253 e. The number of amides is 1. The van der Waals surface area contributed by atoms with Crippen molar-refractivity contribution < 1.29 is 14.6 Å². The second-order valence-electron chi connectivity index (χ2n) is 5.75. The number of nitrogens with two attached hydrogens (primary N) is 1. The molecule has 1 aliphatic heterocycles. The van der Waals surface area contributed by atoms with Crippen molar-refractivity contribution in [3.63, 3.8) is 0 Å². The number of aliphatic hydroxyl groups is 1. The van der Waals surface area contributed by atoms with Crippen LogP contribution in [0.1, 0.15) is 39.1 Å². The van der Waals surface area contributed by atoms with Gasteiger partial charge >= 0.3 is 0 Å². The van der Waals surface area contributed by atoms with Crippen molar-refractivity contribution in [2.45, 2.75) is 45.1 Å². The average molecular weight is 279 g/mol. The quantitative estimate of drug-likeness (QED) is 0.722. The Labute approximate surface area is 118 Å². The molecule has 4 N–H and O–H groups in total. The van der Waals surface area contributed by atoms with Gasteiger partial charge in [-0.25, -0.2) is 0 Å². The van der Waals surface area contributed by atoms with E-state index in [4.69, 9.17) is 10.5 Å². The minimum Gasteiger partial charge on any atom is -0.373 e. The third kappa shape index (κ3) is 3.15. The monoisotopic (exact) mass is 279 g/mol. The topological polar surface area (TPSA) is 97.5 Å². The lowest BCUT2D eigenvalue weighted by Gasteiger charge is -2.22. The molecule has 0 aromatic carbocycles. The third-order valence-electron chi connectivity index (χ3n) is 3.84. The number of ether oxygens (including phenoxy) is 1. The highest BCUT2D eigenvalue weighted by molar-refractivity contribution is 5.94. The zero-order chi connectivity index (χ0) is 14.9. The van der Waals surface area contributed by atoms with E-state index in [1.54, 1.807) is 12.1 Å². The van der Waals surface area contributed by atoms with Crippen molar-refractivity contribution in [1.29, 1.82) is 0 Å². The molecule has 110 valence electrons. The molecule has 6 nitrogen and oxygen atoms in total. The number of carbonyl (C=O) groups excluding carboxylic acids is 1. The molecule has 1 aliphatic rings. The summed E-state index contributed by atoms with van der Waals surface area (Å²) in [6, 6.07) is 3.19. The van der Waals surface area contributed by atoms with Gasteiger partial charge in [-0.15, -0.1) is 0 Å². The van der Waals surface area contributed by atoms with Crippen LogP contribution >= 0.6 is 0 Å². The summed E-state index contributed by atoms with van der Waals surface area (Å²) >= 11 is 0. The summed E-state index contributed by atoms with van der Waals surface area (Å²) < 4.78 is 5.77. The first-order valence-corrected chi connectivity index (χ1v) is 6.68. The van der Waals surface area contributed by atoms with Crippen molar-refractivity contribution in [2.24, 2.45) is 11.7 Å². The van der Waals surface area contributed by atoms with E-state index >= 15 is 0 Å². The summed E-state index contributed by atoms with van der Waals surface area (Å²) in [5.41, 5.74) is 5.91. The molecule has 1 aromatic heterocycles. The fourth-order valence-corrected chi connectivity index (χ4v) is 2.21. The molecule has 0 spiro atoms. The fourth-order valence-electron chi connectivity index (χ4n) is 2.21. The Balaban J connectivity index is 2.04. The van der Waals surface area contributed by atoms with Gasteiger partial charge in [-0.2, -0.15) is 0 Å². The molecule has 1 fully saturated rings. The number of anilines is 1. The minimum atomic E-state index is -1.16. The molecule has 1 amide bonds. The summed E-state index contributed by atoms with van der Waals surface area (Å²) in [4.78, 5) is 16.1. The first-order valence-electron chi connectivity index (χ1n) is 6.68. The van der Waals surface area contributed by atoms with Gasteiger partial charge in [0.25, 0.3) is 5.91 Å². The third-order valence-corrected chi connectivity index (χ3v) is 3.84. The van der Waals surface area contributed by atoms with E-state index in [0.717, 1.165) is 0 Å².